The quantitative estimate of drug-likeness (QED) is 0.659. The van der Waals surface area contributed by atoms with Crippen LogP contribution in [0.25, 0.3) is 0 Å². The molecule has 1 aromatic carbocycles. The number of carbonyl (C=O) groups excluding carboxylic acids is 3. The summed E-state index contributed by atoms with van der Waals surface area (Å²) in [4.78, 5) is 40.2. The van der Waals surface area contributed by atoms with Gasteiger partial charge in [0.05, 0.1) is 17.2 Å². The number of anilines is 1. The molecule has 4 rings (SSSR count). The van der Waals surface area contributed by atoms with Gasteiger partial charge in [-0.15, -0.1) is 0 Å². The minimum Gasteiger partial charge on any atom is -0.453 e. The number of thioether (sulfide) groups is 1. The summed E-state index contributed by atoms with van der Waals surface area (Å²) in [6.45, 7) is -0.480. The van der Waals surface area contributed by atoms with Gasteiger partial charge in [-0.05, 0) is 18.6 Å². The Morgan fingerprint density at radius 1 is 1.36 bits per heavy atom. The topological polar surface area (TPSA) is 101 Å². The summed E-state index contributed by atoms with van der Waals surface area (Å²) in [7, 11) is -1.60. The van der Waals surface area contributed by atoms with Crippen molar-refractivity contribution < 1.29 is 27.5 Å². The Balaban J connectivity index is 1.44. The van der Waals surface area contributed by atoms with E-state index in [1.165, 1.54) is 28.6 Å². The van der Waals surface area contributed by atoms with E-state index < -0.39 is 39.2 Å². The minimum absolute atomic E-state index is 0.0597. The molecule has 3 aliphatic heterocycles. The van der Waals surface area contributed by atoms with Gasteiger partial charge in [0, 0.05) is 30.8 Å². The maximum Gasteiger partial charge on any atom is 0.344 e. The number of sulfone groups is 1. The minimum atomic E-state index is -3.12. The number of carbonyl (C=O) groups is 3. The van der Waals surface area contributed by atoms with Gasteiger partial charge >= 0.3 is 5.97 Å². The molecule has 0 aromatic heterocycles. The fourth-order valence-electron chi connectivity index (χ4n) is 3.90. The van der Waals surface area contributed by atoms with Crippen molar-refractivity contribution in [2.24, 2.45) is 0 Å². The largest absolute Gasteiger partial charge is 0.453 e. The number of para-hydroxylation sites is 1. The number of amides is 2. The van der Waals surface area contributed by atoms with Gasteiger partial charge in [0.15, 0.2) is 21.3 Å². The lowest BCUT2D eigenvalue weighted by atomic mass is 10.2. The van der Waals surface area contributed by atoms with Gasteiger partial charge < -0.3 is 9.64 Å². The van der Waals surface area contributed by atoms with Crippen LogP contribution >= 0.6 is 11.8 Å². The molecular weight excluding hydrogens is 404 g/mol. The zero-order chi connectivity index (χ0) is 20.1. The number of rotatable bonds is 4. The molecule has 0 N–H and O–H groups in total. The van der Waals surface area contributed by atoms with Crippen molar-refractivity contribution in [3.8, 4) is 0 Å². The van der Waals surface area contributed by atoms with Crippen LogP contribution in [0.2, 0.25) is 0 Å². The molecule has 2 fully saturated rings. The van der Waals surface area contributed by atoms with E-state index in [1.807, 2.05) is 12.1 Å². The van der Waals surface area contributed by atoms with Crippen LogP contribution < -0.4 is 4.90 Å². The Hall–Kier alpha value is -2.07. The number of hydrogen-bond acceptors (Lipinski definition) is 7. The summed E-state index contributed by atoms with van der Waals surface area (Å²) in [5.74, 6) is -1.23. The molecule has 0 aliphatic carbocycles. The number of esters is 1. The van der Waals surface area contributed by atoms with Crippen LogP contribution in [0.1, 0.15) is 19.3 Å². The van der Waals surface area contributed by atoms with Crippen LogP contribution in [0.4, 0.5) is 5.69 Å². The van der Waals surface area contributed by atoms with Crippen LogP contribution in [-0.4, -0.2) is 67.2 Å². The van der Waals surface area contributed by atoms with E-state index in [0.717, 1.165) is 4.90 Å². The first-order valence-electron chi connectivity index (χ1n) is 8.98. The molecule has 0 bridgehead atoms. The van der Waals surface area contributed by atoms with E-state index in [2.05, 4.69) is 0 Å². The molecule has 150 valence electrons. The number of hydrogen-bond donors (Lipinski definition) is 0. The molecule has 28 heavy (non-hydrogen) atoms. The molecule has 10 heteroatoms. The zero-order valence-corrected chi connectivity index (χ0v) is 16.9. The van der Waals surface area contributed by atoms with E-state index in [9.17, 15) is 22.8 Å². The van der Waals surface area contributed by atoms with Crippen LogP contribution in [0.3, 0.4) is 0 Å². The van der Waals surface area contributed by atoms with Gasteiger partial charge in [-0.3, -0.25) is 14.5 Å². The van der Waals surface area contributed by atoms with E-state index in [-0.39, 0.29) is 23.8 Å². The maximum absolute atomic E-state index is 12.9. The SMILES string of the molecule is CN(C(=O)COC(=O)[C@]12CCC(=O)N1c1ccccc1S2)[C@H]1CCS(=O)(=O)C1. The highest BCUT2D eigenvalue weighted by Gasteiger charge is 2.58. The third-order valence-corrected chi connectivity index (χ3v) is 8.68. The number of fused-ring (bicyclic) bond motifs is 3. The van der Waals surface area contributed by atoms with Gasteiger partial charge in [-0.1, -0.05) is 23.9 Å². The summed E-state index contributed by atoms with van der Waals surface area (Å²) in [6.07, 6.45) is 0.940. The molecule has 8 nitrogen and oxygen atoms in total. The molecule has 2 amide bonds. The normalized spacial score (nSPS) is 27.4. The van der Waals surface area contributed by atoms with Crippen LogP contribution in [0, 0.1) is 0 Å². The second kappa shape index (κ2) is 6.77. The number of nitrogens with zero attached hydrogens (tertiary/aromatic N) is 2. The number of likely N-dealkylation sites (N-methyl/N-ethyl adjacent to an activating group) is 1. The first kappa shape index (κ1) is 19.3. The summed E-state index contributed by atoms with van der Waals surface area (Å²) >= 11 is 1.28. The maximum atomic E-state index is 12.9. The molecule has 2 atom stereocenters. The van der Waals surface area contributed by atoms with E-state index >= 15 is 0 Å². The number of benzene rings is 1. The monoisotopic (exact) mass is 424 g/mol. The smallest absolute Gasteiger partial charge is 0.344 e. The summed E-state index contributed by atoms with van der Waals surface area (Å²) < 4.78 is 28.5. The molecule has 0 saturated carbocycles. The van der Waals surface area contributed by atoms with Crippen molar-refractivity contribution in [3.05, 3.63) is 24.3 Å². The van der Waals surface area contributed by atoms with Crippen molar-refractivity contribution in [2.75, 3.05) is 30.1 Å². The molecule has 0 unspecified atom stereocenters. The van der Waals surface area contributed by atoms with Crippen molar-refractivity contribution in [3.63, 3.8) is 0 Å². The first-order valence-corrected chi connectivity index (χ1v) is 11.6. The zero-order valence-electron chi connectivity index (χ0n) is 15.3. The summed E-state index contributed by atoms with van der Waals surface area (Å²) in [6, 6.07) is 6.89. The van der Waals surface area contributed by atoms with Crippen molar-refractivity contribution >= 4 is 45.1 Å². The molecule has 3 aliphatic rings. The second-order valence-electron chi connectivity index (χ2n) is 7.22. The van der Waals surface area contributed by atoms with E-state index in [0.29, 0.717) is 18.5 Å². The van der Waals surface area contributed by atoms with Crippen molar-refractivity contribution in [1.82, 2.24) is 4.90 Å². The van der Waals surface area contributed by atoms with Crippen LogP contribution in [0.15, 0.2) is 29.2 Å². The first-order chi connectivity index (χ1) is 13.2. The Morgan fingerprint density at radius 2 is 2.11 bits per heavy atom. The fraction of sp³-hybridized carbons (Fsp3) is 0.500. The molecule has 0 radical (unpaired) electrons. The summed E-state index contributed by atoms with van der Waals surface area (Å²) in [5, 5.41) is 0. The predicted octanol–water partition coefficient (Wildman–Crippen LogP) is 0.804. The van der Waals surface area contributed by atoms with Gasteiger partial charge in [-0.25, -0.2) is 13.2 Å². The standard InChI is InChI=1S/C18H20N2O6S2/c1-19(12-7-9-28(24,25)11-12)16(22)10-26-17(23)18-8-6-15(21)20(18)13-4-2-3-5-14(13)27-18/h2-5,12H,6-11H2,1H3/t12-,18+/m0/s1. The molecule has 0 spiro atoms. The lowest BCUT2D eigenvalue weighted by molar-refractivity contribution is -0.154. The van der Waals surface area contributed by atoms with Crippen LogP contribution in [0.5, 0.6) is 0 Å². The average Bonchev–Trinajstić information content (AvgIpc) is 3.30. The van der Waals surface area contributed by atoms with E-state index in [1.54, 1.807) is 12.1 Å². The molecular formula is C18H20N2O6S2. The second-order valence-corrected chi connectivity index (χ2v) is 10.8. The third kappa shape index (κ3) is 3.08. The molecule has 2 saturated heterocycles. The third-order valence-electron chi connectivity index (χ3n) is 5.47. The lowest BCUT2D eigenvalue weighted by Crippen LogP contribution is -2.49. The van der Waals surface area contributed by atoms with Gasteiger partial charge in [0.25, 0.3) is 5.91 Å². The molecule has 3 heterocycles. The fourth-order valence-corrected chi connectivity index (χ4v) is 7.08. The Labute approximate surface area is 167 Å². The van der Waals surface area contributed by atoms with Gasteiger partial charge in [0.2, 0.25) is 5.91 Å². The lowest BCUT2D eigenvalue weighted by Gasteiger charge is -2.29. The Kier molecular flexibility index (Phi) is 4.65. The highest BCUT2D eigenvalue weighted by atomic mass is 32.2. The van der Waals surface area contributed by atoms with Crippen LogP contribution in [-0.2, 0) is 29.0 Å². The Bertz CT molecular complexity index is 963. The van der Waals surface area contributed by atoms with Gasteiger partial charge in [0.1, 0.15) is 0 Å². The highest BCUT2D eigenvalue weighted by Crippen LogP contribution is 2.56. The van der Waals surface area contributed by atoms with E-state index in [4.69, 9.17) is 4.74 Å². The average molecular weight is 425 g/mol. The predicted molar refractivity (Wildman–Crippen MR) is 103 cm³/mol. The molecule has 1 aromatic rings. The van der Waals surface area contributed by atoms with Crippen molar-refractivity contribution in [2.45, 2.75) is 35.1 Å². The Morgan fingerprint density at radius 3 is 2.82 bits per heavy atom. The summed E-state index contributed by atoms with van der Waals surface area (Å²) in [5.41, 5.74) is 0.687. The van der Waals surface area contributed by atoms with Gasteiger partial charge in [-0.2, -0.15) is 0 Å². The highest BCUT2D eigenvalue weighted by molar-refractivity contribution is 8.02. The number of ether oxygens (including phenoxy) is 1. The van der Waals surface area contributed by atoms with Crippen molar-refractivity contribution in [1.29, 1.82) is 0 Å².